The summed E-state index contributed by atoms with van der Waals surface area (Å²) in [6.45, 7) is 7.74. The molecule has 0 amide bonds. The van der Waals surface area contributed by atoms with Gasteiger partial charge in [0.15, 0.2) is 5.13 Å². The van der Waals surface area contributed by atoms with E-state index >= 15 is 0 Å². The van der Waals surface area contributed by atoms with E-state index in [0.717, 1.165) is 39.9 Å². The van der Waals surface area contributed by atoms with Crippen LogP contribution in [0, 0.1) is 18.3 Å². The Morgan fingerprint density at radius 1 is 1.17 bits per heavy atom. The van der Waals surface area contributed by atoms with Gasteiger partial charge < -0.3 is 16.0 Å². The van der Waals surface area contributed by atoms with Gasteiger partial charge >= 0.3 is 0 Å². The van der Waals surface area contributed by atoms with E-state index in [4.69, 9.17) is 22.0 Å². The van der Waals surface area contributed by atoms with Gasteiger partial charge in [0.2, 0.25) is 0 Å². The summed E-state index contributed by atoms with van der Waals surface area (Å²) in [5.41, 5.74) is 8.85. The zero-order valence-electron chi connectivity index (χ0n) is 18.2. The molecule has 0 aliphatic rings. The Morgan fingerprint density at radius 2 is 1.87 bits per heavy atom. The third-order valence-electron chi connectivity index (χ3n) is 4.52. The van der Waals surface area contributed by atoms with Crippen molar-refractivity contribution in [3.05, 3.63) is 69.6 Å². The van der Waals surface area contributed by atoms with E-state index in [9.17, 15) is 0 Å². The van der Waals surface area contributed by atoms with Crippen LogP contribution in [0.25, 0.3) is 11.3 Å². The van der Waals surface area contributed by atoms with Gasteiger partial charge in [0.05, 0.1) is 12.2 Å². The number of anilines is 1. The molecular weight excluding hydrogens is 412 g/mol. The number of rotatable bonds is 8. The number of halogens is 1. The van der Waals surface area contributed by atoms with E-state index in [2.05, 4.69) is 48.7 Å². The van der Waals surface area contributed by atoms with Crippen LogP contribution in [-0.4, -0.2) is 24.8 Å². The quantitative estimate of drug-likeness (QED) is 0.408. The molecule has 3 aromatic rings. The van der Waals surface area contributed by atoms with E-state index in [1.807, 2.05) is 31.2 Å². The molecule has 1 heterocycles. The Kier molecular flexibility index (Phi) is 9.50. The fourth-order valence-electron chi connectivity index (χ4n) is 3.07. The zero-order valence-corrected chi connectivity index (χ0v) is 19.7. The third-order valence-corrected chi connectivity index (χ3v) is 6.07. The van der Waals surface area contributed by atoms with E-state index in [1.54, 1.807) is 11.3 Å². The molecule has 0 atom stereocenters. The lowest BCUT2D eigenvalue weighted by Gasteiger charge is -2.19. The summed E-state index contributed by atoms with van der Waals surface area (Å²) in [4.78, 5) is 8.44. The van der Waals surface area contributed by atoms with E-state index < -0.39 is 0 Å². The predicted molar refractivity (Wildman–Crippen MR) is 132 cm³/mol. The molecule has 0 fully saturated rings. The standard InChI is InChI=1S/C23H26ClN3S.CH5N/c1-16(2)13-21-22(19-10-9-17(3)20(24)14-19)26-23(28-21)27(12-11-25)15-18-7-5-4-6-8-18;1-2/h4-11,14,16,25H,12-13,15H2,1-3H3;2H2,1H3. The molecule has 3 rings (SSSR count). The summed E-state index contributed by atoms with van der Waals surface area (Å²) in [6, 6.07) is 16.5. The Labute approximate surface area is 189 Å². The minimum absolute atomic E-state index is 0.539. The lowest BCUT2D eigenvalue weighted by Crippen LogP contribution is -2.24. The normalized spacial score (nSPS) is 10.5. The smallest absolute Gasteiger partial charge is 0.186 e. The number of thiazole rings is 1. The SMILES string of the molecule is CN.Cc1ccc(-c2nc(N(CC=N)Cc3ccccc3)sc2CC(C)C)cc1Cl. The van der Waals surface area contributed by atoms with Crippen LogP contribution in [0.2, 0.25) is 5.02 Å². The van der Waals surface area contributed by atoms with E-state index in [0.29, 0.717) is 12.5 Å². The molecule has 4 nitrogen and oxygen atoms in total. The van der Waals surface area contributed by atoms with Crippen molar-refractivity contribution in [1.29, 1.82) is 5.41 Å². The summed E-state index contributed by atoms with van der Waals surface area (Å²) in [7, 11) is 1.50. The van der Waals surface area contributed by atoms with Crippen molar-refractivity contribution in [3.63, 3.8) is 0 Å². The Morgan fingerprint density at radius 3 is 2.47 bits per heavy atom. The number of nitrogens with one attached hydrogen (secondary N) is 1. The van der Waals surface area contributed by atoms with Crippen molar-refractivity contribution in [2.75, 3.05) is 18.5 Å². The summed E-state index contributed by atoms with van der Waals surface area (Å²) in [5, 5.41) is 9.35. The lowest BCUT2D eigenvalue weighted by molar-refractivity contribution is 0.654. The molecule has 0 saturated carbocycles. The van der Waals surface area contributed by atoms with Gasteiger partial charge in [-0.3, -0.25) is 0 Å². The van der Waals surface area contributed by atoms with Gasteiger partial charge in [-0.25, -0.2) is 4.98 Å². The molecule has 3 N–H and O–H groups in total. The summed E-state index contributed by atoms with van der Waals surface area (Å²) in [6.07, 6.45) is 2.41. The van der Waals surface area contributed by atoms with Crippen molar-refractivity contribution >= 4 is 34.3 Å². The zero-order chi connectivity index (χ0) is 22.1. The lowest BCUT2D eigenvalue weighted by atomic mass is 10.0. The first-order valence-electron chi connectivity index (χ1n) is 10.1. The number of hydrogen-bond acceptors (Lipinski definition) is 5. The average Bonchev–Trinajstić information content (AvgIpc) is 3.15. The van der Waals surface area contributed by atoms with Gasteiger partial charge in [-0.2, -0.15) is 0 Å². The summed E-state index contributed by atoms with van der Waals surface area (Å²) in [5.74, 6) is 0.540. The largest absolute Gasteiger partial charge is 0.338 e. The highest BCUT2D eigenvalue weighted by atomic mass is 35.5. The number of hydrogen-bond donors (Lipinski definition) is 2. The predicted octanol–water partition coefficient (Wildman–Crippen LogP) is 6.20. The van der Waals surface area contributed by atoms with Gasteiger partial charge in [-0.15, -0.1) is 11.3 Å². The molecule has 0 bridgehead atoms. The monoisotopic (exact) mass is 442 g/mol. The molecule has 0 spiro atoms. The fourth-order valence-corrected chi connectivity index (χ4v) is 4.56. The fraction of sp³-hybridized carbons (Fsp3) is 0.333. The number of nitrogens with two attached hydrogens (primary N) is 1. The maximum Gasteiger partial charge on any atom is 0.186 e. The highest BCUT2D eigenvalue weighted by molar-refractivity contribution is 7.16. The molecule has 2 aromatic carbocycles. The summed E-state index contributed by atoms with van der Waals surface area (Å²) < 4.78 is 0. The minimum Gasteiger partial charge on any atom is -0.338 e. The number of aromatic nitrogens is 1. The highest BCUT2D eigenvalue weighted by Gasteiger charge is 2.19. The van der Waals surface area contributed by atoms with Crippen molar-refractivity contribution in [2.45, 2.75) is 33.7 Å². The molecule has 6 heteroatoms. The molecule has 30 heavy (non-hydrogen) atoms. The topological polar surface area (TPSA) is 66.0 Å². The number of aryl methyl sites for hydroxylation is 1. The first-order chi connectivity index (χ1) is 14.5. The number of benzene rings is 2. The second-order valence-electron chi connectivity index (χ2n) is 7.40. The van der Waals surface area contributed by atoms with Crippen LogP contribution >= 0.6 is 22.9 Å². The van der Waals surface area contributed by atoms with Gasteiger partial charge in [-0.1, -0.05) is 67.9 Å². The minimum atomic E-state index is 0.539. The van der Waals surface area contributed by atoms with Crippen LogP contribution in [0.4, 0.5) is 5.13 Å². The molecule has 0 aliphatic carbocycles. The van der Waals surface area contributed by atoms with Crippen molar-refractivity contribution in [1.82, 2.24) is 4.98 Å². The van der Waals surface area contributed by atoms with Crippen molar-refractivity contribution in [2.24, 2.45) is 11.7 Å². The number of nitrogens with zero attached hydrogens (tertiary/aromatic N) is 2. The van der Waals surface area contributed by atoms with Crippen LogP contribution in [0.5, 0.6) is 0 Å². The maximum atomic E-state index is 7.63. The molecule has 0 saturated heterocycles. The Hall–Kier alpha value is -2.21. The molecule has 0 unspecified atom stereocenters. The van der Waals surface area contributed by atoms with Crippen LogP contribution in [-0.2, 0) is 13.0 Å². The van der Waals surface area contributed by atoms with E-state index in [1.165, 1.54) is 23.7 Å². The van der Waals surface area contributed by atoms with Crippen molar-refractivity contribution in [3.8, 4) is 11.3 Å². The average molecular weight is 443 g/mol. The van der Waals surface area contributed by atoms with Gasteiger partial charge in [0.1, 0.15) is 0 Å². The van der Waals surface area contributed by atoms with E-state index in [-0.39, 0.29) is 0 Å². The molecule has 1 aromatic heterocycles. The molecular formula is C24H31ClN4S. The second kappa shape index (κ2) is 11.8. The van der Waals surface area contributed by atoms with Gasteiger partial charge in [-0.05, 0) is 43.5 Å². The van der Waals surface area contributed by atoms with Gasteiger partial charge in [0.25, 0.3) is 0 Å². The Bertz CT molecular complexity index is 938. The van der Waals surface area contributed by atoms with Crippen LogP contribution in [0.15, 0.2) is 48.5 Å². The second-order valence-corrected chi connectivity index (χ2v) is 8.87. The first kappa shape index (κ1) is 24.1. The molecule has 160 valence electrons. The molecule has 0 radical (unpaired) electrons. The third kappa shape index (κ3) is 6.39. The summed E-state index contributed by atoms with van der Waals surface area (Å²) >= 11 is 8.11. The van der Waals surface area contributed by atoms with Crippen molar-refractivity contribution < 1.29 is 0 Å². The highest BCUT2D eigenvalue weighted by Crippen LogP contribution is 2.36. The van der Waals surface area contributed by atoms with Crippen LogP contribution in [0.3, 0.4) is 0 Å². The van der Waals surface area contributed by atoms with Gasteiger partial charge in [0, 0.05) is 28.2 Å². The Balaban J connectivity index is 0.00000155. The maximum absolute atomic E-state index is 7.63. The molecule has 0 aliphatic heterocycles. The van der Waals surface area contributed by atoms with Crippen LogP contribution < -0.4 is 10.6 Å². The van der Waals surface area contributed by atoms with Crippen LogP contribution in [0.1, 0.15) is 29.9 Å². The first-order valence-corrected chi connectivity index (χ1v) is 11.3.